The van der Waals surface area contributed by atoms with Crippen molar-refractivity contribution in [3.8, 4) is 11.5 Å². The van der Waals surface area contributed by atoms with Gasteiger partial charge in [0, 0.05) is 19.1 Å². The van der Waals surface area contributed by atoms with Gasteiger partial charge in [-0.15, -0.1) is 0 Å². The Morgan fingerprint density at radius 2 is 2.05 bits per heavy atom. The smallest absolute Gasteiger partial charge is 0.258 e. The Kier molecular flexibility index (Phi) is 6.31. The molecular weight excluding hydrogens is 256 g/mol. The molecule has 1 rings (SSSR count). The molecule has 0 bridgehead atoms. The molecule has 112 valence electrons. The minimum atomic E-state index is -0.208. The van der Waals surface area contributed by atoms with Gasteiger partial charge in [-0.05, 0) is 31.0 Å². The zero-order valence-electron chi connectivity index (χ0n) is 12.4. The van der Waals surface area contributed by atoms with Crippen molar-refractivity contribution in [2.75, 3.05) is 20.2 Å². The van der Waals surface area contributed by atoms with Crippen molar-refractivity contribution in [3.63, 3.8) is 0 Å². The fourth-order valence-electron chi connectivity index (χ4n) is 2.29. The van der Waals surface area contributed by atoms with Crippen molar-refractivity contribution in [3.05, 3.63) is 23.8 Å². The summed E-state index contributed by atoms with van der Waals surface area (Å²) in [6.45, 7) is 4.95. The van der Waals surface area contributed by atoms with Crippen molar-refractivity contribution in [2.45, 2.75) is 32.7 Å². The molecule has 1 amide bonds. The molecule has 0 atom stereocenters. The number of nitrogens with zero attached hydrogens (tertiary/aromatic N) is 1. The lowest BCUT2D eigenvalue weighted by atomic mass is 10.1. The van der Waals surface area contributed by atoms with E-state index in [1.165, 1.54) is 13.2 Å². The summed E-state index contributed by atoms with van der Waals surface area (Å²) in [4.78, 5) is 14.4. The molecular formula is C15H24N2O3. The third-order valence-electron chi connectivity index (χ3n) is 3.45. The van der Waals surface area contributed by atoms with Crippen LogP contribution in [-0.2, 0) is 0 Å². The second-order valence-electron chi connectivity index (χ2n) is 4.64. The first kappa shape index (κ1) is 16.3. The minimum Gasteiger partial charge on any atom is -0.507 e. The molecule has 0 aliphatic carbocycles. The molecule has 5 nitrogen and oxygen atoms in total. The third kappa shape index (κ3) is 3.63. The van der Waals surface area contributed by atoms with Crippen LogP contribution in [0.4, 0.5) is 0 Å². The number of carbonyl (C=O) groups is 1. The van der Waals surface area contributed by atoms with E-state index < -0.39 is 0 Å². The normalized spacial score (nSPS) is 10.7. The van der Waals surface area contributed by atoms with E-state index in [9.17, 15) is 9.90 Å². The molecule has 0 saturated carbocycles. The van der Waals surface area contributed by atoms with E-state index in [1.54, 1.807) is 17.0 Å². The van der Waals surface area contributed by atoms with E-state index in [0.29, 0.717) is 18.8 Å². The molecule has 0 heterocycles. The van der Waals surface area contributed by atoms with Gasteiger partial charge < -0.3 is 20.5 Å². The first-order valence-corrected chi connectivity index (χ1v) is 6.97. The number of hydrogen-bond acceptors (Lipinski definition) is 4. The van der Waals surface area contributed by atoms with Gasteiger partial charge in [0.2, 0.25) is 0 Å². The third-order valence-corrected chi connectivity index (χ3v) is 3.45. The standard InChI is InChI=1S/C15H24N2O3/c1-4-11(5-2)17(9-8-16)15(19)13-10-12(20-3)6-7-14(13)18/h6-7,10-11,18H,4-5,8-9,16H2,1-3H3. The maximum Gasteiger partial charge on any atom is 0.258 e. The zero-order valence-corrected chi connectivity index (χ0v) is 12.4. The van der Waals surface area contributed by atoms with E-state index in [-0.39, 0.29) is 23.3 Å². The molecule has 20 heavy (non-hydrogen) atoms. The Bertz CT molecular complexity index is 445. The maximum atomic E-state index is 12.6. The van der Waals surface area contributed by atoms with Gasteiger partial charge in [0.25, 0.3) is 5.91 Å². The van der Waals surface area contributed by atoms with Crippen LogP contribution in [-0.4, -0.2) is 42.2 Å². The van der Waals surface area contributed by atoms with Gasteiger partial charge >= 0.3 is 0 Å². The molecule has 0 aliphatic heterocycles. The van der Waals surface area contributed by atoms with Crippen LogP contribution in [0.25, 0.3) is 0 Å². The van der Waals surface area contributed by atoms with Crippen molar-refractivity contribution in [1.82, 2.24) is 4.90 Å². The summed E-state index contributed by atoms with van der Waals surface area (Å²) in [5.41, 5.74) is 5.86. The minimum absolute atomic E-state index is 0.0382. The van der Waals surface area contributed by atoms with Crippen LogP contribution in [0.3, 0.4) is 0 Å². The van der Waals surface area contributed by atoms with Crippen LogP contribution >= 0.6 is 0 Å². The number of amides is 1. The van der Waals surface area contributed by atoms with Gasteiger partial charge in [-0.1, -0.05) is 13.8 Å². The van der Waals surface area contributed by atoms with Gasteiger partial charge in [0.05, 0.1) is 12.7 Å². The Balaban J connectivity index is 3.11. The van der Waals surface area contributed by atoms with Gasteiger partial charge in [0.15, 0.2) is 0 Å². The predicted molar refractivity (Wildman–Crippen MR) is 79.1 cm³/mol. The van der Waals surface area contributed by atoms with E-state index in [1.807, 2.05) is 13.8 Å². The topological polar surface area (TPSA) is 75.8 Å². The molecule has 1 aromatic carbocycles. The zero-order chi connectivity index (χ0) is 15.1. The molecule has 0 radical (unpaired) electrons. The number of hydrogen-bond donors (Lipinski definition) is 2. The molecule has 1 aromatic rings. The van der Waals surface area contributed by atoms with Crippen LogP contribution in [0.15, 0.2) is 18.2 Å². The van der Waals surface area contributed by atoms with Gasteiger partial charge in [-0.3, -0.25) is 4.79 Å². The summed E-state index contributed by atoms with van der Waals surface area (Å²) in [5.74, 6) is 0.299. The van der Waals surface area contributed by atoms with Crippen LogP contribution in [0.5, 0.6) is 11.5 Å². The second kappa shape index (κ2) is 7.75. The van der Waals surface area contributed by atoms with Crippen LogP contribution in [0.2, 0.25) is 0 Å². The number of rotatable bonds is 7. The predicted octanol–water partition coefficient (Wildman–Crippen LogP) is 1.99. The lowest BCUT2D eigenvalue weighted by molar-refractivity contribution is 0.0671. The molecule has 0 spiro atoms. The number of ether oxygens (including phenoxy) is 1. The first-order chi connectivity index (χ1) is 9.58. The average molecular weight is 280 g/mol. The van der Waals surface area contributed by atoms with Gasteiger partial charge in [-0.25, -0.2) is 0 Å². The molecule has 0 saturated heterocycles. The second-order valence-corrected chi connectivity index (χ2v) is 4.64. The van der Waals surface area contributed by atoms with Crippen LogP contribution in [0, 0.1) is 0 Å². The van der Waals surface area contributed by atoms with Crippen LogP contribution in [0.1, 0.15) is 37.0 Å². The number of methoxy groups -OCH3 is 1. The van der Waals surface area contributed by atoms with Gasteiger partial charge in [-0.2, -0.15) is 0 Å². The quantitative estimate of drug-likeness (QED) is 0.801. The van der Waals surface area contributed by atoms with Crippen molar-refractivity contribution in [1.29, 1.82) is 0 Å². The Labute approximate surface area is 120 Å². The van der Waals surface area contributed by atoms with Crippen molar-refractivity contribution in [2.24, 2.45) is 5.73 Å². The number of aromatic hydroxyl groups is 1. The highest BCUT2D eigenvalue weighted by molar-refractivity contribution is 5.97. The molecule has 3 N–H and O–H groups in total. The summed E-state index contributed by atoms with van der Waals surface area (Å²) in [7, 11) is 1.53. The Morgan fingerprint density at radius 3 is 2.55 bits per heavy atom. The largest absolute Gasteiger partial charge is 0.507 e. The van der Waals surface area contributed by atoms with E-state index in [2.05, 4.69) is 0 Å². The number of nitrogens with two attached hydrogens (primary N) is 1. The molecule has 0 fully saturated rings. The number of benzene rings is 1. The lowest BCUT2D eigenvalue weighted by Gasteiger charge is -2.30. The fraction of sp³-hybridized carbons (Fsp3) is 0.533. The summed E-state index contributed by atoms with van der Waals surface area (Å²) >= 11 is 0. The van der Waals surface area contributed by atoms with Crippen molar-refractivity contribution < 1.29 is 14.6 Å². The Hall–Kier alpha value is -1.75. The Morgan fingerprint density at radius 1 is 1.40 bits per heavy atom. The molecule has 5 heteroatoms. The summed E-state index contributed by atoms with van der Waals surface area (Å²) in [5, 5.41) is 9.91. The van der Waals surface area contributed by atoms with Crippen molar-refractivity contribution >= 4 is 5.91 Å². The monoisotopic (exact) mass is 280 g/mol. The van der Waals surface area contributed by atoms with Crippen LogP contribution < -0.4 is 10.5 Å². The molecule has 0 aliphatic rings. The van der Waals surface area contributed by atoms with E-state index in [0.717, 1.165) is 12.8 Å². The highest BCUT2D eigenvalue weighted by Crippen LogP contribution is 2.25. The molecule has 0 aromatic heterocycles. The highest BCUT2D eigenvalue weighted by atomic mass is 16.5. The summed E-state index contributed by atoms with van der Waals surface area (Å²) in [6, 6.07) is 4.77. The summed E-state index contributed by atoms with van der Waals surface area (Å²) < 4.78 is 5.11. The van der Waals surface area contributed by atoms with Gasteiger partial charge in [0.1, 0.15) is 11.5 Å². The highest BCUT2D eigenvalue weighted by Gasteiger charge is 2.24. The SMILES string of the molecule is CCC(CC)N(CCN)C(=O)c1cc(OC)ccc1O. The molecule has 0 unspecified atom stereocenters. The van der Waals surface area contributed by atoms with E-state index in [4.69, 9.17) is 10.5 Å². The first-order valence-electron chi connectivity index (χ1n) is 6.97. The lowest BCUT2D eigenvalue weighted by Crippen LogP contribution is -2.42. The maximum absolute atomic E-state index is 12.6. The number of phenolic OH excluding ortho intramolecular Hbond substituents is 1. The average Bonchev–Trinajstić information content (AvgIpc) is 2.47. The fourth-order valence-corrected chi connectivity index (χ4v) is 2.29. The number of carbonyl (C=O) groups excluding carboxylic acids is 1. The summed E-state index contributed by atoms with van der Waals surface area (Å²) in [6.07, 6.45) is 1.71. The number of phenols is 1. The van der Waals surface area contributed by atoms with E-state index >= 15 is 0 Å².